The van der Waals surface area contributed by atoms with Gasteiger partial charge in [-0.3, -0.25) is 4.79 Å². The molecule has 1 saturated heterocycles. The van der Waals surface area contributed by atoms with E-state index < -0.39 is 0 Å². The molecule has 3 atom stereocenters. The molecule has 1 aromatic rings. The van der Waals surface area contributed by atoms with Crippen molar-refractivity contribution in [3.63, 3.8) is 0 Å². The van der Waals surface area contributed by atoms with Gasteiger partial charge in [0.15, 0.2) is 0 Å². The van der Waals surface area contributed by atoms with E-state index in [0.29, 0.717) is 12.6 Å². The largest absolute Gasteiger partial charge is 0.350 e. The molecular formula is C14H20BrClN2OS. The van der Waals surface area contributed by atoms with E-state index in [2.05, 4.69) is 32.6 Å². The van der Waals surface area contributed by atoms with Crippen molar-refractivity contribution >= 4 is 45.6 Å². The first kappa shape index (κ1) is 16.3. The van der Waals surface area contributed by atoms with Crippen LogP contribution < -0.4 is 10.6 Å². The van der Waals surface area contributed by atoms with Gasteiger partial charge in [0, 0.05) is 20.8 Å². The summed E-state index contributed by atoms with van der Waals surface area (Å²) in [7, 11) is 0. The van der Waals surface area contributed by atoms with Crippen LogP contribution >= 0.6 is 39.7 Å². The van der Waals surface area contributed by atoms with Gasteiger partial charge >= 0.3 is 0 Å². The Kier molecular flexibility index (Phi) is 5.90. The molecule has 1 aliphatic carbocycles. The summed E-state index contributed by atoms with van der Waals surface area (Å²) in [4.78, 5) is 13.4. The molecule has 112 valence electrons. The van der Waals surface area contributed by atoms with E-state index in [1.165, 1.54) is 30.6 Å². The molecule has 0 radical (unpaired) electrons. The summed E-state index contributed by atoms with van der Waals surface area (Å²) in [6.45, 7) is 0.641. The van der Waals surface area contributed by atoms with Gasteiger partial charge in [-0.15, -0.1) is 23.7 Å². The molecule has 6 heteroatoms. The number of thiophene rings is 1. The Hall–Kier alpha value is -0.100. The van der Waals surface area contributed by atoms with Crippen LogP contribution in [0.5, 0.6) is 0 Å². The normalized spacial score (nSPS) is 28.6. The average Bonchev–Trinajstić information content (AvgIpc) is 3.01. The number of fused-ring (bicyclic) bond motifs is 1. The fraction of sp³-hybridized carbons (Fsp3) is 0.643. The molecule has 0 spiro atoms. The number of halogens is 2. The van der Waals surface area contributed by atoms with Crippen LogP contribution in [0.2, 0.25) is 0 Å². The van der Waals surface area contributed by atoms with Gasteiger partial charge in [0.05, 0.1) is 12.6 Å². The number of amides is 1. The standard InChI is InChI=1S/C14H19BrN2OS.ClH/c15-10-6-11(19-8-10)7-16-14(18)13-5-9-3-1-2-4-12(9)17-13;/h6,8-9,12-13,17H,1-5,7H2,(H,16,18);1H. The van der Waals surface area contributed by atoms with Crippen molar-refractivity contribution in [2.45, 2.75) is 50.7 Å². The molecule has 2 heterocycles. The Bertz CT molecular complexity index is 454. The van der Waals surface area contributed by atoms with Crippen molar-refractivity contribution in [1.29, 1.82) is 0 Å². The van der Waals surface area contributed by atoms with Crippen LogP contribution in [0.3, 0.4) is 0 Å². The van der Waals surface area contributed by atoms with Gasteiger partial charge in [0.25, 0.3) is 0 Å². The minimum absolute atomic E-state index is 0. The molecule has 1 saturated carbocycles. The Balaban J connectivity index is 0.00000147. The van der Waals surface area contributed by atoms with E-state index in [9.17, 15) is 4.79 Å². The molecule has 2 fully saturated rings. The van der Waals surface area contributed by atoms with Crippen LogP contribution in [-0.2, 0) is 11.3 Å². The van der Waals surface area contributed by atoms with Gasteiger partial charge in [0.2, 0.25) is 5.91 Å². The van der Waals surface area contributed by atoms with Gasteiger partial charge in [-0.2, -0.15) is 0 Å². The van der Waals surface area contributed by atoms with Crippen LogP contribution in [0.15, 0.2) is 15.9 Å². The third-order valence-electron chi connectivity index (χ3n) is 4.24. The Morgan fingerprint density at radius 1 is 1.45 bits per heavy atom. The number of carbonyl (C=O) groups is 1. The van der Waals surface area contributed by atoms with Gasteiger partial charge < -0.3 is 10.6 Å². The molecule has 3 rings (SSSR count). The lowest BCUT2D eigenvalue weighted by Gasteiger charge is -2.24. The van der Waals surface area contributed by atoms with E-state index in [4.69, 9.17) is 0 Å². The van der Waals surface area contributed by atoms with Crippen molar-refractivity contribution in [3.05, 3.63) is 20.8 Å². The molecule has 1 aromatic heterocycles. The SMILES string of the molecule is Cl.O=C(NCc1cc(Br)cs1)C1CC2CCCCC2N1. The van der Waals surface area contributed by atoms with Gasteiger partial charge in [-0.25, -0.2) is 0 Å². The number of carbonyl (C=O) groups excluding carboxylic acids is 1. The lowest BCUT2D eigenvalue weighted by molar-refractivity contribution is -0.123. The second-order valence-corrected chi connectivity index (χ2v) is 7.47. The Morgan fingerprint density at radius 3 is 2.95 bits per heavy atom. The van der Waals surface area contributed by atoms with E-state index in [1.807, 2.05) is 5.38 Å². The van der Waals surface area contributed by atoms with Crippen LogP contribution in [-0.4, -0.2) is 18.0 Å². The summed E-state index contributed by atoms with van der Waals surface area (Å²) in [6.07, 6.45) is 6.20. The van der Waals surface area contributed by atoms with Crippen molar-refractivity contribution in [2.75, 3.05) is 0 Å². The maximum Gasteiger partial charge on any atom is 0.237 e. The summed E-state index contributed by atoms with van der Waals surface area (Å²) < 4.78 is 1.09. The van der Waals surface area contributed by atoms with Crippen LogP contribution in [0.25, 0.3) is 0 Å². The molecule has 0 bridgehead atoms. The lowest BCUT2D eigenvalue weighted by Crippen LogP contribution is -2.42. The molecule has 20 heavy (non-hydrogen) atoms. The van der Waals surface area contributed by atoms with Crippen molar-refractivity contribution in [3.8, 4) is 0 Å². The van der Waals surface area contributed by atoms with E-state index >= 15 is 0 Å². The summed E-state index contributed by atoms with van der Waals surface area (Å²) in [6, 6.07) is 2.67. The Morgan fingerprint density at radius 2 is 2.25 bits per heavy atom. The monoisotopic (exact) mass is 378 g/mol. The average molecular weight is 380 g/mol. The summed E-state index contributed by atoms with van der Waals surface area (Å²) >= 11 is 5.10. The Labute approximate surface area is 138 Å². The van der Waals surface area contributed by atoms with Crippen molar-refractivity contribution in [2.24, 2.45) is 5.92 Å². The van der Waals surface area contributed by atoms with E-state index in [1.54, 1.807) is 11.3 Å². The molecule has 0 aromatic carbocycles. The maximum atomic E-state index is 12.2. The second-order valence-electron chi connectivity index (χ2n) is 5.56. The molecular weight excluding hydrogens is 360 g/mol. The highest BCUT2D eigenvalue weighted by atomic mass is 79.9. The second kappa shape index (κ2) is 7.25. The highest BCUT2D eigenvalue weighted by Gasteiger charge is 2.37. The summed E-state index contributed by atoms with van der Waals surface area (Å²) in [5.74, 6) is 0.888. The minimum Gasteiger partial charge on any atom is -0.350 e. The van der Waals surface area contributed by atoms with Gasteiger partial charge in [-0.1, -0.05) is 12.8 Å². The zero-order valence-corrected chi connectivity index (χ0v) is 14.5. The quantitative estimate of drug-likeness (QED) is 0.844. The summed E-state index contributed by atoms with van der Waals surface area (Å²) in [5, 5.41) is 8.61. The molecule has 1 amide bonds. The van der Waals surface area contributed by atoms with E-state index in [0.717, 1.165) is 16.8 Å². The third kappa shape index (κ3) is 3.75. The minimum atomic E-state index is 0. The van der Waals surface area contributed by atoms with Crippen LogP contribution in [0.4, 0.5) is 0 Å². The first-order chi connectivity index (χ1) is 9.22. The lowest BCUT2D eigenvalue weighted by atomic mass is 9.85. The van der Waals surface area contributed by atoms with Crippen molar-refractivity contribution in [1.82, 2.24) is 10.6 Å². The van der Waals surface area contributed by atoms with Gasteiger partial charge in [-0.05, 0) is 47.2 Å². The number of nitrogens with one attached hydrogen (secondary N) is 2. The first-order valence-corrected chi connectivity index (χ1v) is 8.66. The molecule has 3 unspecified atom stereocenters. The number of hydrogen-bond donors (Lipinski definition) is 2. The van der Waals surface area contributed by atoms with Crippen LogP contribution in [0.1, 0.15) is 37.0 Å². The maximum absolute atomic E-state index is 12.2. The fourth-order valence-electron chi connectivity index (χ4n) is 3.27. The van der Waals surface area contributed by atoms with E-state index in [-0.39, 0.29) is 24.4 Å². The predicted molar refractivity (Wildman–Crippen MR) is 88.4 cm³/mol. The zero-order valence-electron chi connectivity index (χ0n) is 11.2. The topological polar surface area (TPSA) is 41.1 Å². The van der Waals surface area contributed by atoms with Crippen LogP contribution in [0, 0.1) is 5.92 Å². The number of hydrogen-bond acceptors (Lipinski definition) is 3. The summed E-state index contributed by atoms with van der Waals surface area (Å²) in [5.41, 5.74) is 0. The highest BCUT2D eigenvalue weighted by molar-refractivity contribution is 9.10. The highest BCUT2D eigenvalue weighted by Crippen LogP contribution is 2.33. The molecule has 3 nitrogen and oxygen atoms in total. The van der Waals surface area contributed by atoms with Gasteiger partial charge in [0.1, 0.15) is 0 Å². The molecule has 2 N–H and O–H groups in total. The molecule has 2 aliphatic rings. The number of rotatable bonds is 3. The molecule has 1 aliphatic heterocycles. The predicted octanol–water partition coefficient (Wildman–Crippen LogP) is 3.47. The third-order valence-corrected chi connectivity index (χ3v) is 5.94. The van der Waals surface area contributed by atoms with Crippen molar-refractivity contribution < 1.29 is 4.79 Å². The zero-order chi connectivity index (χ0) is 13.2. The first-order valence-electron chi connectivity index (χ1n) is 6.99. The smallest absolute Gasteiger partial charge is 0.237 e. The fourth-order valence-corrected chi connectivity index (χ4v) is 4.66.